The fraction of sp³-hybridized carbons (Fsp3) is 0. The third-order valence-corrected chi connectivity index (χ3v) is 0. The van der Waals surface area contributed by atoms with Crippen molar-refractivity contribution < 1.29 is 33.8 Å². The van der Waals surface area contributed by atoms with Gasteiger partial charge in [-0.1, -0.05) is 0 Å². The fourth-order valence-corrected chi connectivity index (χ4v) is 0. The van der Waals surface area contributed by atoms with Gasteiger partial charge in [0.2, 0.25) is 0 Å². The van der Waals surface area contributed by atoms with Crippen LogP contribution in [0.4, 0.5) is 0 Å². The molecule has 5 heteroatoms. The van der Waals surface area contributed by atoms with Crippen molar-refractivity contribution in [3.8, 4) is 0 Å². The molecule has 0 aliphatic rings. The van der Waals surface area contributed by atoms with Gasteiger partial charge in [0, 0.05) is 68.2 Å². The number of hydrogen-bond donors (Lipinski definition) is 0. The van der Waals surface area contributed by atoms with Crippen molar-refractivity contribution in [1.82, 2.24) is 0 Å². The van der Waals surface area contributed by atoms with E-state index >= 15 is 0 Å². The van der Waals surface area contributed by atoms with Gasteiger partial charge in [-0.25, -0.2) is 0 Å². The molecule has 8 radical (unpaired) electrons. The van der Waals surface area contributed by atoms with Crippen LogP contribution in [0.25, 0.3) is 0 Å². The van der Waals surface area contributed by atoms with Gasteiger partial charge in [-0.05, 0) is 0 Å². The summed E-state index contributed by atoms with van der Waals surface area (Å²) in [6.07, 6.45) is 0. The van der Waals surface area contributed by atoms with Crippen LogP contribution in [0.2, 0.25) is 0 Å². The van der Waals surface area contributed by atoms with Crippen LogP contribution in [-0.4, -0.2) is 24.4 Å². The maximum Gasteiger partial charge on any atom is 0 e. The zero-order valence-electron chi connectivity index (χ0n) is 2.31. The maximum absolute atomic E-state index is 0. The van der Waals surface area contributed by atoms with Crippen molar-refractivity contribution in [2.45, 2.75) is 0 Å². The largest absolute Gasteiger partial charge is 0.153 e. The molecule has 1 unspecified atom stereocenters. The SMILES string of the molecule is P.[Co].[Mn].[P].[Sb]. The molecule has 0 saturated carbocycles. The summed E-state index contributed by atoms with van der Waals surface area (Å²) < 4.78 is 0. The van der Waals surface area contributed by atoms with E-state index in [0.29, 0.717) is 0 Å². The molecule has 0 spiro atoms. The third kappa shape index (κ3) is 20.3. The molecular weight excluding hydrogens is 298 g/mol. The molecule has 0 aromatic heterocycles. The topological polar surface area (TPSA) is 0 Å². The van der Waals surface area contributed by atoms with E-state index in [1.165, 1.54) is 0 Å². The molecule has 5 heavy (non-hydrogen) atoms. The van der Waals surface area contributed by atoms with Crippen molar-refractivity contribution in [2.24, 2.45) is 0 Å². The first-order valence-electron chi connectivity index (χ1n) is 0. The molecule has 0 rings (SSSR count). The molecule has 0 bridgehead atoms. The molecule has 0 fully saturated rings. The fourth-order valence-electron chi connectivity index (χ4n) is 0. The average Bonchev–Trinajstić information content (AvgIpc) is 0. The van der Waals surface area contributed by atoms with E-state index in [0.717, 1.165) is 0 Å². The van der Waals surface area contributed by atoms with Crippen molar-refractivity contribution in [3.63, 3.8) is 0 Å². The van der Waals surface area contributed by atoms with Crippen molar-refractivity contribution >= 4 is 44.2 Å². The Balaban J connectivity index is 0. The standard InChI is InChI=1S/Co.Mn.H3P.P.Sb/h;;1H3;;. The Labute approximate surface area is 77.4 Å². The predicted octanol–water partition coefficient (Wildman–Crippen LogP) is 0.533. The number of hydrogen-bond acceptors (Lipinski definition) is 0. The summed E-state index contributed by atoms with van der Waals surface area (Å²) in [7, 11) is 0. The summed E-state index contributed by atoms with van der Waals surface area (Å²) in [6, 6.07) is 0. The zero-order chi connectivity index (χ0) is 0. The van der Waals surface area contributed by atoms with Gasteiger partial charge >= 0.3 is 0 Å². The van der Waals surface area contributed by atoms with Crippen LogP contribution >= 0.6 is 19.8 Å². The second kappa shape index (κ2) is 29.8. The Morgan fingerprint density at radius 1 is 1.00 bits per heavy atom. The van der Waals surface area contributed by atoms with E-state index in [9.17, 15) is 0 Å². The molecule has 1 atom stereocenters. The monoisotopic (exact) mass is 300 g/mol. The molecule has 0 amide bonds. The van der Waals surface area contributed by atoms with E-state index in [4.69, 9.17) is 0 Å². The van der Waals surface area contributed by atoms with Gasteiger partial charge in [0.05, 0.1) is 0 Å². The van der Waals surface area contributed by atoms with Crippen LogP contribution < -0.4 is 0 Å². The smallest absolute Gasteiger partial charge is 0 e. The van der Waals surface area contributed by atoms with E-state index < -0.39 is 0 Å². The molecule has 34 valence electrons. The Hall–Kier alpha value is 2.70. The van der Waals surface area contributed by atoms with E-state index in [2.05, 4.69) is 0 Å². The first kappa shape index (κ1) is 47.4. The average molecular weight is 301 g/mol. The van der Waals surface area contributed by atoms with Gasteiger partial charge in [-0.3, -0.25) is 0 Å². The summed E-state index contributed by atoms with van der Waals surface area (Å²) >= 11 is 0. The van der Waals surface area contributed by atoms with Crippen LogP contribution in [0.1, 0.15) is 0 Å². The van der Waals surface area contributed by atoms with E-state index in [1.54, 1.807) is 0 Å². The zero-order valence-corrected chi connectivity index (χ0v) is 9.40. The molecule has 0 nitrogen and oxygen atoms in total. The minimum atomic E-state index is 0. The second-order valence-electron chi connectivity index (χ2n) is 0. The predicted molar refractivity (Wildman–Crippen MR) is 23.8 cm³/mol. The second-order valence-corrected chi connectivity index (χ2v) is 0. The maximum atomic E-state index is 0. The Morgan fingerprint density at radius 3 is 1.00 bits per heavy atom. The Kier molecular flexibility index (Phi) is 283. The minimum Gasteiger partial charge on any atom is -0.153 e. The molecule has 0 saturated heterocycles. The van der Waals surface area contributed by atoms with Crippen LogP contribution in [0, 0.1) is 0 Å². The summed E-state index contributed by atoms with van der Waals surface area (Å²) in [5, 5.41) is 0. The molecule has 0 N–H and O–H groups in total. The summed E-state index contributed by atoms with van der Waals surface area (Å²) in [5.74, 6) is 0. The third-order valence-electron chi connectivity index (χ3n) is 0. The summed E-state index contributed by atoms with van der Waals surface area (Å²) in [4.78, 5) is 0. The van der Waals surface area contributed by atoms with Crippen LogP contribution in [0.5, 0.6) is 0 Å². The first-order valence-corrected chi connectivity index (χ1v) is 0. The van der Waals surface area contributed by atoms with Gasteiger partial charge < -0.3 is 0 Å². The van der Waals surface area contributed by atoms with Crippen LogP contribution in [-0.2, 0) is 33.8 Å². The van der Waals surface area contributed by atoms with Gasteiger partial charge in [0.25, 0.3) is 0 Å². The molecular formula is H3CoMnP2Sb. The number of rotatable bonds is 0. The molecule has 0 aliphatic heterocycles. The normalized spacial score (nSPS) is 0. The first-order chi connectivity index (χ1) is 0. The Morgan fingerprint density at radius 2 is 1.00 bits per heavy atom. The summed E-state index contributed by atoms with van der Waals surface area (Å²) in [6.45, 7) is 0. The minimum absolute atomic E-state index is 0. The summed E-state index contributed by atoms with van der Waals surface area (Å²) in [5.41, 5.74) is 0. The quantitative estimate of drug-likeness (QED) is 0.452. The molecule has 0 heterocycles. The van der Waals surface area contributed by atoms with Crippen molar-refractivity contribution in [1.29, 1.82) is 0 Å². The van der Waals surface area contributed by atoms with Crippen molar-refractivity contribution in [2.75, 3.05) is 0 Å². The molecule has 0 aromatic rings. The van der Waals surface area contributed by atoms with Crippen molar-refractivity contribution in [3.05, 3.63) is 0 Å². The van der Waals surface area contributed by atoms with Gasteiger partial charge in [0.1, 0.15) is 0 Å². The van der Waals surface area contributed by atoms with E-state index in [1.807, 2.05) is 0 Å². The van der Waals surface area contributed by atoms with Gasteiger partial charge in [-0.15, -0.1) is 0 Å². The van der Waals surface area contributed by atoms with Gasteiger partial charge in [0.15, 0.2) is 0 Å². The van der Waals surface area contributed by atoms with Crippen LogP contribution in [0.15, 0.2) is 0 Å². The van der Waals surface area contributed by atoms with Crippen LogP contribution in [0.3, 0.4) is 0 Å². The molecule has 0 aliphatic carbocycles. The van der Waals surface area contributed by atoms with E-state index in [-0.39, 0.29) is 78.1 Å². The molecule has 0 aromatic carbocycles. The van der Waals surface area contributed by atoms with Gasteiger partial charge in [-0.2, -0.15) is 9.90 Å². The Bertz CT molecular complexity index is 9.61.